The van der Waals surface area contributed by atoms with Crippen molar-refractivity contribution < 1.29 is 22.4 Å². The van der Waals surface area contributed by atoms with Crippen molar-refractivity contribution in [2.45, 2.75) is 109 Å². The molecule has 1 aliphatic heterocycles. The number of hydrogen-bond donors (Lipinski definition) is 1. The summed E-state index contributed by atoms with van der Waals surface area (Å²) in [7, 11) is -4.24. The van der Waals surface area contributed by atoms with Crippen LogP contribution in [0.3, 0.4) is 0 Å². The first kappa shape index (κ1) is 24.0. The van der Waals surface area contributed by atoms with Gasteiger partial charge in [0, 0.05) is 6.42 Å². The van der Waals surface area contributed by atoms with E-state index in [4.69, 9.17) is 9.47 Å². The molecule has 2 atom stereocenters. The van der Waals surface area contributed by atoms with Gasteiger partial charge in [-0.05, 0) is 56.4 Å². The Kier molecular flexibility index (Phi) is 9.28. The van der Waals surface area contributed by atoms with Crippen molar-refractivity contribution in [2.75, 3.05) is 0 Å². The predicted molar refractivity (Wildman–Crippen MR) is 117 cm³/mol. The number of aryl methyl sites for hydroxylation is 1. The van der Waals surface area contributed by atoms with E-state index in [-0.39, 0.29) is 12.0 Å². The molecule has 0 bridgehead atoms. The van der Waals surface area contributed by atoms with Gasteiger partial charge in [-0.1, -0.05) is 58.8 Å². The molecule has 1 aromatic rings. The fourth-order valence-electron chi connectivity index (χ4n) is 3.93. The summed E-state index contributed by atoms with van der Waals surface area (Å²) < 4.78 is 44.3. The minimum absolute atomic E-state index is 0.141. The second-order valence-corrected chi connectivity index (χ2v) is 10.1. The number of benzene rings is 1. The normalized spacial score (nSPS) is 20.0. The van der Waals surface area contributed by atoms with Crippen LogP contribution in [0.25, 0.3) is 0 Å². The molecule has 0 aliphatic carbocycles. The van der Waals surface area contributed by atoms with Gasteiger partial charge in [0.2, 0.25) is 5.44 Å². The number of ether oxygens (including phenoxy) is 2. The molecule has 5 nitrogen and oxygen atoms in total. The zero-order valence-electron chi connectivity index (χ0n) is 18.3. The van der Waals surface area contributed by atoms with E-state index in [0.29, 0.717) is 12.2 Å². The van der Waals surface area contributed by atoms with E-state index in [1.165, 1.54) is 44.9 Å². The van der Waals surface area contributed by atoms with Crippen LogP contribution in [0.1, 0.15) is 97.0 Å². The van der Waals surface area contributed by atoms with Gasteiger partial charge in [-0.25, -0.2) is 0 Å². The van der Waals surface area contributed by atoms with E-state index in [2.05, 4.69) is 13.8 Å². The molecule has 0 spiro atoms. The monoisotopic (exact) mass is 426 g/mol. The third kappa shape index (κ3) is 7.82. The number of unbranched alkanes of at least 4 members (excludes halogenated alkanes) is 6. The molecule has 1 heterocycles. The van der Waals surface area contributed by atoms with E-state index in [1.807, 2.05) is 19.1 Å². The SMILES string of the molecule is CCCCCCCCCC1(C)CCc2cc(OC(CCC)S(=O)(=O)O)ccc2O1. The molecule has 1 aliphatic rings. The number of hydrogen-bond acceptors (Lipinski definition) is 4. The zero-order chi connectivity index (χ0) is 21.3. The summed E-state index contributed by atoms with van der Waals surface area (Å²) in [5.74, 6) is 1.31. The molecule has 0 radical (unpaired) electrons. The van der Waals surface area contributed by atoms with Crippen molar-refractivity contribution in [3.63, 3.8) is 0 Å². The average Bonchev–Trinajstić information content (AvgIpc) is 2.66. The van der Waals surface area contributed by atoms with E-state index >= 15 is 0 Å². The Morgan fingerprint density at radius 1 is 1.10 bits per heavy atom. The summed E-state index contributed by atoms with van der Waals surface area (Å²) in [4.78, 5) is 0. The highest BCUT2D eigenvalue weighted by atomic mass is 32.2. The summed E-state index contributed by atoms with van der Waals surface area (Å²) in [6.07, 6.45) is 12.8. The molecule has 0 saturated heterocycles. The molecule has 2 rings (SSSR count). The second-order valence-electron chi connectivity index (χ2n) is 8.54. The lowest BCUT2D eigenvalue weighted by atomic mass is 9.88. The third-order valence-electron chi connectivity index (χ3n) is 5.74. The molecule has 1 N–H and O–H groups in total. The first-order valence-electron chi connectivity index (χ1n) is 11.2. The van der Waals surface area contributed by atoms with Gasteiger partial charge >= 0.3 is 10.1 Å². The van der Waals surface area contributed by atoms with Gasteiger partial charge in [-0.2, -0.15) is 8.42 Å². The van der Waals surface area contributed by atoms with Crippen molar-refractivity contribution in [3.05, 3.63) is 23.8 Å². The van der Waals surface area contributed by atoms with Crippen molar-refractivity contribution in [1.29, 1.82) is 0 Å². The summed E-state index contributed by atoms with van der Waals surface area (Å²) in [5, 5.41) is 0. The first-order valence-corrected chi connectivity index (χ1v) is 12.7. The summed E-state index contributed by atoms with van der Waals surface area (Å²) in [6, 6.07) is 5.43. The van der Waals surface area contributed by atoms with Crippen molar-refractivity contribution >= 4 is 10.1 Å². The van der Waals surface area contributed by atoms with Crippen LogP contribution in [-0.4, -0.2) is 24.0 Å². The minimum Gasteiger partial charge on any atom is -0.487 e. The van der Waals surface area contributed by atoms with E-state index in [9.17, 15) is 13.0 Å². The number of fused-ring (bicyclic) bond motifs is 1. The molecule has 0 aromatic heterocycles. The van der Waals surface area contributed by atoms with Crippen LogP contribution in [-0.2, 0) is 16.5 Å². The Hall–Kier alpha value is -1.27. The summed E-state index contributed by atoms with van der Waals surface area (Å²) in [5.41, 5.74) is -0.333. The predicted octanol–water partition coefficient (Wildman–Crippen LogP) is 6.30. The molecule has 0 saturated carbocycles. The van der Waals surface area contributed by atoms with Crippen molar-refractivity contribution in [2.24, 2.45) is 0 Å². The quantitative estimate of drug-likeness (QED) is 0.296. The Morgan fingerprint density at radius 2 is 1.79 bits per heavy atom. The molecule has 6 heteroatoms. The van der Waals surface area contributed by atoms with Crippen LogP contribution >= 0.6 is 0 Å². The maximum Gasteiger partial charge on any atom is 0.303 e. The molecule has 166 valence electrons. The van der Waals surface area contributed by atoms with Crippen LogP contribution in [0.4, 0.5) is 0 Å². The Bertz CT molecular complexity index is 731. The summed E-state index contributed by atoms with van der Waals surface area (Å²) >= 11 is 0. The Morgan fingerprint density at radius 3 is 2.45 bits per heavy atom. The van der Waals surface area contributed by atoms with Crippen LogP contribution in [0.15, 0.2) is 18.2 Å². The van der Waals surface area contributed by atoms with Crippen molar-refractivity contribution in [1.82, 2.24) is 0 Å². The standard InChI is InChI=1S/C23H38O5S/c1-4-6-7-8-9-10-11-16-23(3)17-15-19-18-20(13-14-21(19)28-23)27-22(12-5-2)29(24,25)26/h13-14,18,22H,4-12,15-17H2,1-3H3,(H,24,25,26). The highest BCUT2D eigenvalue weighted by Gasteiger charge is 2.31. The minimum atomic E-state index is -4.24. The van der Waals surface area contributed by atoms with Crippen LogP contribution in [0, 0.1) is 0 Å². The molecular formula is C23H38O5S. The van der Waals surface area contributed by atoms with Crippen LogP contribution < -0.4 is 9.47 Å². The van der Waals surface area contributed by atoms with Gasteiger partial charge in [-0.15, -0.1) is 0 Å². The fraction of sp³-hybridized carbons (Fsp3) is 0.739. The molecule has 29 heavy (non-hydrogen) atoms. The largest absolute Gasteiger partial charge is 0.487 e. The second kappa shape index (κ2) is 11.2. The molecule has 0 amide bonds. The molecular weight excluding hydrogens is 388 g/mol. The average molecular weight is 427 g/mol. The highest BCUT2D eigenvalue weighted by Crippen LogP contribution is 2.38. The van der Waals surface area contributed by atoms with Crippen LogP contribution in [0.5, 0.6) is 11.5 Å². The van der Waals surface area contributed by atoms with E-state index in [0.717, 1.165) is 30.6 Å². The van der Waals surface area contributed by atoms with Gasteiger partial charge in [-0.3, -0.25) is 4.55 Å². The van der Waals surface area contributed by atoms with Crippen LogP contribution in [0.2, 0.25) is 0 Å². The van der Waals surface area contributed by atoms with Gasteiger partial charge in [0.1, 0.15) is 17.1 Å². The lowest BCUT2D eigenvalue weighted by Crippen LogP contribution is -2.36. The van der Waals surface area contributed by atoms with Gasteiger partial charge in [0.05, 0.1) is 0 Å². The Labute approximate surface area is 176 Å². The lowest BCUT2D eigenvalue weighted by molar-refractivity contribution is 0.0532. The molecule has 0 fully saturated rings. The highest BCUT2D eigenvalue weighted by molar-refractivity contribution is 7.86. The fourth-order valence-corrected chi connectivity index (χ4v) is 4.69. The van der Waals surface area contributed by atoms with Crippen molar-refractivity contribution in [3.8, 4) is 11.5 Å². The topological polar surface area (TPSA) is 72.8 Å². The van der Waals surface area contributed by atoms with E-state index in [1.54, 1.807) is 6.07 Å². The third-order valence-corrected chi connectivity index (χ3v) is 6.74. The van der Waals surface area contributed by atoms with E-state index < -0.39 is 15.6 Å². The Balaban J connectivity index is 1.89. The van der Waals surface area contributed by atoms with Gasteiger partial charge in [0.25, 0.3) is 0 Å². The maximum absolute atomic E-state index is 11.5. The zero-order valence-corrected chi connectivity index (χ0v) is 19.1. The number of rotatable bonds is 13. The lowest BCUT2D eigenvalue weighted by Gasteiger charge is -2.36. The maximum atomic E-state index is 11.5. The smallest absolute Gasteiger partial charge is 0.303 e. The molecule has 2 unspecified atom stereocenters. The van der Waals surface area contributed by atoms with Gasteiger partial charge in [0.15, 0.2) is 0 Å². The molecule has 1 aromatic carbocycles. The summed E-state index contributed by atoms with van der Waals surface area (Å²) in [6.45, 7) is 6.29. The van der Waals surface area contributed by atoms with Gasteiger partial charge < -0.3 is 9.47 Å². The first-order chi connectivity index (χ1) is 13.8.